The summed E-state index contributed by atoms with van der Waals surface area (Å²) in [6.07, 6.45) is 7.04. The lowest BCUT2D eigenvalue weighted by Crippen LogP contribution is -2.59. The van der Waals surface area contributed by atoms with E-state index in [1.807, 2.05) is 13.2 Å². The zero-order valence-corrected chi connectivity index (χ0v) is 16.6. The van der Waals surface area contributed by atoms with Crippen LogP contribution in [-0.4, -0.2) is 54.4 Å². The van der Waals surface area contributed by atoms with Crippen LogP contribution in [0.5, 0.6) is 11.6 Å². The zero-order chi connectivity index (χ0) is 20.7. The lowest BCUT2D eigenvalue weighted by Gasteiger charge is -2.42. The number of hydrogen-bond donors (Lipinski definition) is 2. The van der Waals surface area contributed by atoms with E-state index in [4.69, 9.17) is 4.74 Å². The number of pyridine rings is 1. The van der Waals surface area contributed by atoms with Gasteiger partial charge in [-0.3, -0.25) is 9.67 Å². The van der Waals surface area contributed by atoms with Gasteiger partial charge in [-0.05, 0) is 18.9 Å². The van der Waals surface area contributed by atoms with E-state index < -0.39 is 12.3 Å². The minimum Gasteiger partial charge on any atom is -0.507 e. The highest BCUT2D eigenvalue weighted by molar-refractivity contribution is 5.70. The Morgan fingerprint density at radius 1 is 1.20 bits per heavy atom. The molecule has 8 nitrogen and oxygen atoms in total. The van der Waals surface area contributed by atoms with Gasteiger partial charge in [0.2, 0.25) is 5.88 Å². The molecule has 0 saturated carbocycles. The first-order chi connectivity index (χ1) is 14.6. The largest absolute Gasteiger partial charge is 0.507 e. The predicted octanol–water partition coefficient (Wildman–Crippen LogP) is 2.64. The Morgan fingerprint density at radius 3 is 2.83 bits per heavy atom. The SMILES string of the molecule is Cn1cc(-c2cc(O)c(-c3ccc(O[C@H]4C[C@@H]5CCC[C@@H](N5)[C@H]4F)nn3)cn2)cn1. The smallest absolute Gasteiger partial charge is 0.233 e. The predicted molar refractivity (Wildman–Crippen MR) is 108 cm³/mol. The summed E-state index contributed by atoms with van der Waals surface area (Å²) < 4.78 is 22.2. The summed E-state index contributed by atoms with van der Waals surface area (Å²) in [5, 5.41) is 26.1. The number of rotatable bonds is 4. The number of aromatic hydroxyl groups is 1. The van der Waals surface area contributed by atoms with Gasteiger partial charge in [-0.2, -0.15) is 5.10 Å². The highest BCUT2D eigenvalue weighted by atomic mass is 19.1. The van der Waals surface area contributed by atoms with Crippen LogP contribution < -0.4 is 10.1 Å². The van der Waals surface area contributed by atoms with Crippen molar-refractivity contribution >= 4 is 0 Å². The molecule has 156 valence electrons. The van der Waals surface area contributed by atoms with E-state index in [9.17, 15) is 9.50 Å². The lowest BCUT2D eigenvalue weighted by molar-refractivity contribution is 0.00652. The van der Waals surface area contributed by atoms with Gasteiger partial charge in [0.05, 0.1) is 23.1 Å². The maximum atomic E-state index is 14.7. The maximum absolute atomic E-state index is 14.7. The number of alkyl halides is 1. The Morgan fingerprint density at radius 2 is 2.10 bits per heavy atom. The molecule has 0 radical (unpaired) electrons. The maximum Gasteiger partial charge on any atom is 0.233 e. The van der Waals surface area contributed by atoms with Gasteiger partial charge in [0.25, 0.3) is 0 Å². The van der Waals surface area contributed by atoms with Gasteiger partial charge in [0, 0.05) is 55.6 Å². The van der Waals surface area contributed by atoms with Gasteiger partial charge in [0.15, 0.2) is 6.17 Å². The number of nitrogens with zero attached hydrogens (tertiary/aromatic N) is 5. The minimum atomic E-state index is -1.06. The molecule has 2 bridgehead atoms. The number of ether oxygens (including phenoxy) is 1. The van der Waals surface area contributed by atoms with Crippen LogP contribution in [-0.2, 0) is 7.05 Å². The van der Waals surface area contributed by atoms with E-state index in [1.54, 1.807) is 35.3 Å². The van der Waals surface area contributed by atoms with E-state index in [2.05, 4.69) is 25.6 Å². The summed E-state index contributed by atoms with van der Waals surface area (Å²) in [6, 6.07) is 5.07. The van der Waals surface area contributed by atoms with Gasteiger partial charge in [-0.25, -0.2) is 4.39 Å². The first-order valence-electron chi connectivity index (χ1n) is 10.2. The molecule has 4 atom stereocenters. The molecule has 3 aromatic heterocycles. The Bertz CT molecular complexity index is 1040. The van der Waals surface area contributed by atoms with Crippen molar-refractivity contribution in [2.45, 2.75) is 50.0 Å². The third-order valence-electron chi connectivity index (χ3n) is 5.84. The van der Waals surface area contributed by atoms with Crippen LogP contribution >= 0.6 is 0 Å². The average Bonchev–Trinajstić information content (AvgIpc) is 3.19. The second-order valence-electron chi connectivity index (χ2n) is 7.98. The van der Waals surface area contributed by atoms with Gasteiger partial charge in [-0.1, -0.05) is 6.42 Å². The summed E-state index contributed by atoms with van der Waals surface area (Å²) in [6.45, 7) is 0. The van der Waals surface area contributed by atoms with Crippen molar-refractivity contribution in [3.8, 4) is 34.1 Å². The molecule has 2 saturated heterocycles. The Hall–Kier alpha value is -3.07. The first-order valence-corrected chi connectivity index (χ1v) is 10.2. The van der Waals surface area contributed by atoms with Crippen molar-refractivity contribution in [2.75, 3.05) is 0 Å². The summed E-state index contributed by atoms with van der Waals surface area (Å²) in [4.78, 5) is 4.39. The quantitative estimate of drug-likeness (QED) is 0.682. The third kappa shape index (κ3) is 3.60. The monoisotopic (exact) mass is 410 g/mol. The summed E-state index contributed by atoms with van der Waals surface area (Å²) in [5.74, 6) is 0.327. The molecule has 0 aliphatic carbocycles. The Kier molecular flexibility index (Phi) is 4.82. The third-order valence-corrected chi connectivity index (χ3v) is 5.84. The van der Waals surface area contributed by atoms with Crippen molar-refractivity contribution in [3.63, 3.8) is 0 Å². The molecule has 0 amide bonds. The summed E-state index contributed by atoms with van der Waals surface area (Å²) >= 11 is 0. The summed E-state index contributed by atoms with van der Waals surface area (Å²) in [5.41, 5.74) is 2.34. The van der Waals surface area contributed by atoms with Crippen LogP contribution in [0.3, 0.4) is 0 Å². The van der Waals surface area contributed by atoms with Crippen molar-refractivity contribution in [1.29, 1.82) is 0 Å². The van der Waals surface area contributed by atoms with E-state index >= 15 is 0 Å². The molecule has 2 N–H and O–H groups in total. The molecule has 0 unspecified atom stereocenters. The van der Waals surface area contributed by atoms with Crippen molar-refractivity contribution in [3.05, 3.63) is 36.8 Å². The molecule has 3 aromatic rings. The number of aromatic nitrogens is 5. The van der Waals surface area contributed by atoms with Crippen LogP contribution in [0, 0.1) is 0 Å². The molecule has 0 aromatic carbocycles. The van der Waals surface area contributed by atoms with Crippen LogP contribution in [0.2, 0.25) is 0 Å². The first kappa shape index (κ1) is 18.9. The fraction of sp³-hybridized carbons (Fsp3) is 0.429. The summed E-state index contributed by atoms with van der Waals surface area (Å²) in [7, 11) is 1.82. The van der Waals surface area contributed by atoms with Gasteiger partial charge < -0.3 is 15.2 Å². The molecule has 2 aliphatic rings. The van der Waals surface area contributed by atoms with Gasteiger partial charge >= 0.3 is 0 Å². The Balaban J connectivity index is 1.31. The van der Waals surface area contributed by atoms with Gasteiger partial charge in [0.1, 0.15) is 11.9 Å². The number of aryl methyl sites for hydroxylation is 1. The van der Waals surface area contributed by atoms with Crippen molar-refractivity contribution < 1.29 is 14.2 Å². The van der Waals surface area contributed by atoms with Crippen LogP contribution in [0.15, 0.2) is 36.8 Å². The molecule has 0 spiro atoms. The molecule has 5 rings (SSSR count). The molecule has 2 fully saturated rings. The van der Waals surface area contributed by atoms with E-state index in [0.717, 1.165) is 24.8 Å². The zero-order valence-electron chi connectivity index (χ0n) is 16.6. The molecule has 5 heterocycles. The number of piperidine rings is 2. The molecule has 30 heavy (non-hydrogen) atoms. The number of halogens is 1. The number of hydrogen-bond acceptors (Lipinski definition) is 7. The minimum absolute atomic E-state index is 0.0434. The van der Waals surface area contributed by atoms with E-state index in [0.29, 0.717) is 29.4 Å². The normalized spacial score (nSPS) is 25.8. The average molecular weight is 410 g/mol. The topological polar surface area (TPSA) is 98.0 Å². The second-order valence-corrected chi connectivity index (χ2v) is 7.98. The van der Waals surface area contributed by atoms with E-state index in [-0.39, 0.29) is 17.7 Å². The molecular formula is C21H23FN6O2. The number of nitrogens with one attached hydrogen (secondary N) is 1. The fourth-order valence-corrected chi connectivity index (χ4v) is 4.31. The van der Waals surface area contributed by atoms with E-state index in [1.165, 1.54) is 0 Å². The Labute approximate surface area is 173 Å². The van der Waals surface area contributed by atoms with Crippen molar-refractivity contribution in [2.24, 2.45) is 7.05 Å². The highest BCUT2D eigenvalue weighted by Gasteiger charge is 2.41. The fourth-order valence-electron chi connectivity index (χ4n) is 4.31. The standard InChI is InChI=1S/C21H23FN6O2/c1-28-11-12(9-24-28)17-8-18(29)14(10-23-17)15-5-6-20(27-26-15)30-19-7-13-3-2-4-16(25-13)21(19)22/h5-6,8-11,13,16,19,21,25H,2-4,7H2,1H3,(H,23,29)/t13-,16+,19-,21+/m0/s1. The second kappa shape index (κ2) is 7.64. The highest BCUT2D eigenvalue weighted by Crippen LogP contribution is 2.32. The molecular weight excluding hydrogens is 387 g/mol. The van der Waals surface area contributed by atoms with Crippen LogP contribution in [0.4, 0.5) is 4.39 Å². The number of fused-ring (bicyclic) bond motifs is 2. The van der Waals surface area contributed by atoms with Gasteiger partial charge in [-0.15, -0.1) is 10.2 Å². The molecule has 9 heteroatoms. The van der Waals surface area contributed by atoms with Crippen molar-refractivity contribution in [1.82, 2.24) is 30.3 Å². The van der Waals surface area contributed by atoms with Crippen LogP contribution in [0.25, 0.3) is 22.5 Å². The molecule has 2 aliphatic heterocycles. The van der Waals surface area contributed by atoms with Crippen LogP contribution in [0.1, 0.15) is 25.7 Å². The lowest BCUT2D eigenvalue weighted by atomic mass is 9.84.